The lowest BCUT2D eigenvalue weighted by Crippen LogP contribution is -2.48. The number of ether oxygens (including phenoxy) is 4. The average molecular weight is 192 g/mol. The first-order valence-corrected chi connectivity index (χ1v) is 4.20. The molecular weight excluding hydrogens is 172 g/mol. The van der Waals surface area contributed by atoms with Crippen molar-refractivity contribution in [1.82, 2.24) is 0 Å². The topological polar surface area (TPSA) is 36.9 Å². The Morgan fingerprint density at radius 3 is 2.00 bits per heavy atom. The van der Waals surface area contributed by atoms with Gasteiger partial charge in [-0.15, -0.1) is 0 Å². The molecule has 0 unspecified atom stereocenters. The van der Waals surface area contributed by atoms with Crippen LogP contribution in [-0.4, -0.2) is 53.4 Å². The van der Waals surface area contributed by atoms with Crippen molar-refractivity contribution in [3.8, 4) is 0 Å². The minimum Gasteiger partial charge on any atom is -0.382 e. The fourth-order valence-corrected chi connectivity index (χ4v) is 1.21. The van der Waals surface area contributed by atoms with Gasteiger partial charge in [0, 0.05) is 28.4 Å². The van der Waals surface area contributed by atoms with Gasteiger partial charge in [-0.1, -0.05) is 0 Å². The maximum absolute atomic E-state index is 5.35. The highest BCUT2D eigenvalue weighted by Gasteiger charge is 2.34. The molecule has 0 N–H and O–H groups in total. The van der Waals surface area contributed by atoms with Crippen LogP contribution in [0.4, 0.5) is 0 Å². The fourth-order valence-electron chi connectivity index (χ4n) is 1.21. The highest BCUT2D eigenvalue weighted by molar-refractivity contribution is 4.84. The van der Waals surface area contributed by atoms with Crippen molar-refractivity contribution < 1.29 is 18.9 Å². The van der Waals surface area contributed by atoms with E-state index in [1.54, 1.807) is 28.4 Å². The molecule has 0 aliphatic carbocycles. The first-order chi connectivity index (χ1) is 6.14. The molecule has 4 heteroatoms. The lowest BCUT2D eigenvalue weighted by Gasteiger charge is -2.34. The zero-order valence-corrected chi connectivity index (χ0v) is 9.12. The van der Waals surface area contributed by atoms with Crippen molar-refractivity contribution >= 4 is 0 Å². The van der Waals surface area contributed by atoms with Crippen molar-refractivity contribution in [2.24, 2.45) is 0 Å². The summed E-state index contributed by atoms with van der Waals surface area (Å²) in [6, 6.07) is 0. The van der Waals surface area contributed by atoms with Crippen LogP contribution in [0.5, 0.6) is 0 Å². The molecule has 0 radical (unpaired) electrons. The molecule has 0 bridgehead atoms. The van der Waals surface area contributed by atoms with E-state index in [0.29, 0.717) is 13.2 Å². The first-order valence-electron chi connectivity index (χ1n) is 4.20. The summed E-state index contributed by atoms with van der Waals surface area (Å²) in [6.07, 6.45) is -0.123. The monoisotopic (exact) mass is 192 g/mol. The van der Waals surface area contributed by atoms with Gasteiger partial charge in [0.2, 0.25) is 0 Å². The van der Waals surface area contributed by atoms with E-state index in [-0.39, 0.29) is 6.10 Å². The fraction of sp³-hybridized carbons (Fsp3) is 1.00. The summed E-state index contributed by atoms with van der Waals surface area (Å²) in [6.45, 7) is 2.90. The Morgan fingerprint density at radius 2 is 1.69 bits per heavy atom. The number of methoxy groups -OCH3 is 4. The molecule has 13 heavy (non-hydrogen) atoms. The highest BCUT2D eigenvalue weighted by Crippen LogP contribution is 2.18. The molecule has 0 fully saturated rings. The lowest BCUT2D eigenvalue weighted by molar-refractivity contribution is -0.152. The van der Waals surface area contributed by atoms with Crippen molar-refractivity contribution in [3.05, 3.63) is 0 Å². The highest BCUT2D eigenvalue weighted by atomic mass is 16.6. The van der Waals surface area contributed by atoms with Crippen LogP contribution < -0.4 is 0 Å². The standard InChI is InChI=1S/C9H20O4/c1-9(13-5,7-11-3)8(12-4)6-10-2/h8H,6-7H2,1-5H3/t8-,9+/m1/s1. The summed E-state index contributed by atoms with van der Waals surface area (Å²) < 4.78 is 20.7. The summed E-state index contributed by atoms with van der Waals surface area (Å²) in [5.41, 5.74) is -0.459. The van der Waals surface area contributed by atoms with E-state index < -0.39 is 5.60 Å². The summed E-state index contributed by atoms with van der Waals surface area (Å²) >= 11 is 0. The molecule has 4 nitrogen and oxygen atoms in total. The SMILES string of the molecule is COC[C@@H](OC)[C@](C)(COC)OC. The van der Waals surface area contributed by atoms with Crippen LogP contribution >= 0.6 is 0 Å². The summed E-state index contributed by atoms with van der Waals surface area (Å²) in [7, 11) is 6.54. The van der Waals surface area contributed by atoms with E-state index in [2.05, 4.69) is 0 Å². The van der Waals surface area contributed by atoms with Crippen molar-refractivity contribution in [2.45, 2.75) is 18.6 Å². The van der Waals surface area contributed by atoms with Crippen LogP contribution in [0.3, 0.4) is 0 Å². The summed E-state index contributed by atoms with van der Waals surface area (Å²) in [5.74, 6) is 0. The van der Waals surface area contributed by atoms with E-state index in [4.69, 9.17) is 18.9 Å². The first kappa shape index (κ1) is 12.8. The van der Waals surface area contributed by atoms with E-state index >= 15 is 0 Å². The van der Waals surface area contributed by atoms with Gasteiger partial charge >= 0.3 is 0 Å². The molecule has 0 heterocycles. The molecule has 0 aromatic heterocycles. The van der Waals surface area contributed by atoms with Crippen LogP contribution in [0.1, 0.15) is 6.92 Å². The van der Waals surface area contributed by atoms with E-state index in [9.17, 15) is 0 Å². The number of hydrogen-bond donors (Lipinski definition) is 0. The normalized spacial score (nSPS) is 18.2. The average Bonchev–Trinajstić information content (AvgIpc) is 2.14. The molecule has 2 atom stereocenters. The molecule has 0 amide bonds. The van der Waals surface area contributed by atoms with Gasteiger partial charge in [-0.3, -0.25) is 0 Å². The third-order valence-corrected chi connectivity index (χ3v) is 2.18. The molecular formula is C9H20O4. The molecule has 0 aromatic carbocycles. The van der Waals surface area contributed by atoms with E-state index in [0.717, 1.165) is 0 Å². The van der Waals surface area contributed by atoms with Crippen LogP contribution in [0.15, 0.2) is 0 Å². The molecule has 0 saturated heterocycles. The van der Waals surface area contributed by atoms with Crippen molar-refractivity contribution in [3.63, 3.8) is 0 Å². The largest absolute Gasteiger partial charge is 0.382 e. The zero-order valence-electron chi connectivity index (χ0n) is 9.12. The lowest BCUT2D eigenvalue weighted by atomic mass is 10.0. The van der Waals surface area contributed by atoms with Gasteiger partial charge in [0.25, 0.3) is 0 Å². The predicted molar refractivity (Wildman–Crippen MR) is 50.0 cm³/mol. The van der Waals surface area contributed by atoms with Gasteiger partial charge < -0.3 is 18.9 Å². The summed E-state index contributed by atoms with van der Waals surface area (Å²) in [5, 5.41) is 0. The zero-order chi connectivity index (χ0) is 10.3. The van der Waals surface area contributed by atoms with Crippen LogP contribution in [-0.2, 0) is 18.9 Å². The van der Waals surface area contributed by atoms with Crippen LogP contribution in [0, 0.1) is 0 Å². The van der Waals surface area contributed by atoms with Gasteiger partial charge in [0.05, 0.1) is 13.2 Å². The Morgan fingerprint density at radius 1 is 1.08 bits per heavy atom. The minimum absolute atomic E-state index is 0.123. The second-order valence-electron chi connectivity index (χ2n) is 3.13. The molecule has 0 rings (SSSR count). The Labute approximate surface area is 80.1 Å². The van der Waals surface area contributed by atoms with Gasteiger partial charge in [0.1, 0.15) is 11.7 Å². The van der Waals surface area contributed by atoms with Crippen molar-refractivity contribution in [2.75, 3.05) is 41.7 Å². The van der Waals surface area contributed by atoms with Gasteiger partial charge in [0.15, 0.2) is 0 Å². The number of hydrogen-bond acceptors (Lipinski definition) is 4. The van der Waals surface area contributed by atoms with E-state index in [1.165, 1.54) is 0 Å². The second kappa shape index (κ2) is 6.32. The van der Waals surface area contributed by atoms with Gasteiger partial charge in [-0.2, -0.15) is 0 Å². The third-order valence-electron chi connectivity index (χ3n) is 2.18. The molecule has 80 valence electrons. The Bertz CT molecular complexity index is 129. The molecule has 0 aliphatic heterocycles. The minimum atomic E-state index is -0.459. The van der Waals surface area contributed by atoms with Gasteiger partial charge in [-0.25, -0.2) is 0 Å². The molecule has 0 aliphatic rings. The summed E-state index contributed by atoms with van der Waals surface area (Å²) in [4.78, 5) is 0. The van der Waals surface area contributed by atoms with Gasteiger partial charge in [-0.05, 0) is 6.92 Å². The Balaban J connectivity index is 4.29. The number of rotatable bonds is 7. The smallest absolute Gasteiger partial charge is 0.116 e. The van der Waals surface area contributed by atoms with Crippen LogP contribution in [0.25, 0.3) is 0 Å². The third kappa shape index (κ3) is 3.60. The van der Waals surface area contributed by atoms with Crippen LogP contribution in [0.2, 0.25) is 0 Å². The molecule has 0 aromatic rings. The Kier molecular flexibility index (Phi) is 6.24. The quantitative estimate of drug-likeness (QED) is 0.595. The maximum Gasteiger partial charge on any atom is 0.116 e. The molecule has 0 spiro atoms. The molecule has 0 saturated carbocycles. The predicted octanol–water partition coefficient (Wildman–Crippen LogP) is 0.699. The maximum atomic E-state index is 5.35. The van der Waals surface area contributed by atoms with Crippen molar-refractivity contribution in [1.29, 1.82) is 0 Å². The van der Waals surface area contributed by atoms with E-state index in [1.807, 2.05) is 6.92 Å². The second-order valence-corrected chi connectivity index (χ2v) is 3.13. The Hall–Kier alpha value is -0.160.